The molecule has 3 heteroatoms. The first-order chi connectivity index (χ1) is 6.51. The second kappa shape index (κ2) is 4.62. The standard InChI is InChI=1S/C11H19NO2/c1-11(2,3)14-7-6-12-5-4-10(8-12)9-13/h4-5,8,13H,6-7,9H2,1-3H3. The van der Waals surface area contributed by atoms with Gasteiger partial charge in [0.1, 0.15) is 0 Å². The minimum atomic E-state index is -0.0764. The number of aliphatic hydroxyl groups excluding tert-OH is 1. The summed E-state index contributed by atoms with van der Waals surface area (Å²) < 4.78 is 7.62. The maximum Gasteiger partial charge on any atom is 0.0696 e. The Hall–Kier alpha value is -0.800. The number of aromatic nitrogens is 1. The Morgan fingerprint density at radius 3 is 2.64 bits per heavy atom. The van der Waals surface area contributed by atoms with Crippen LogP contribution in [0.1, 0.15) is 26.3 Å². The van der Waals surface area contributed by atoms with Crippen LogP contribution in [0, 0.1) is 0 Å². The van der Waals surface area contributed by atoms with Crippen molar-refractivity contribution < 1.29 is 9.84 Å². The first-order valence-electron chi connectivity index (χ1n) is 4.91. The lowest BCUT2D eigenvalue weighted by molar-refractivity contribution is -0.00680. The molecule has 0 aliphatic rings. The number of ether oxygens (including phenoxy) is 1. The van der Waals surface area contributed by atoms with E-state index in [4.69, 9.17) is 9.84 Å². The number of nitrogens with zero attached hydrogens (tertiary/aromatic N) is 1. The van der Waals surface area contributed by atoms with Crippen molar-refractivity contribution >= 4 is 0 Å². The highest BCUT2D eigenvalue weighted by Gasteiger charge is 2.09. The van der Waals surface area contributed by atoms with Crippen molar-refractivity contribution in [2.75, 3.05) is 6.61 Å². The lowest BCUT2D eigenvalue weighted by Crippen LogP contribution is -2.21. The fourth-order valence-electron chi connectivity index (χ4n) is 1.18. The Balaban J connectivity index is 2.31. The molecule has 0 atom stereocenters. The molecule has 0 saturated heterocycles. The highest BCUT2D eigenvalue weighted by molar-refractivity contribution is 5.08. The fourth-order valence-corrected chi connectivity index (χ4v) is 1.18. The largest absolute Gasteiger partial charge is 0.392 e. The molecular formula is C11H19NO2. The number of aliphatic hydroxyl groups is 1. The smallest absolute Gasteiger partial charge is 0.0696 e. The molecule has 3 nitrogen and oxygen atoms in total. The van der Waals surface area contributed by atoms with Crippen LogP contribution >= 0.6 is 0 Å². The fraction of sp³-hybridized carbons (Fsp3) is 0.636. The zero-order valence-electron chi connectivity index (χ0n) is 9.16. The summed E-state index contributed by atoms with van der Waals surface area (Å²) in [5.41, 5.74) is 0.869. The van der Waals surface area contributed by atoms with Crippen LogP contribution in [0.25, 0.3) is 0 Å². The lowest BCUT2D eigenvalue weighted by atomic mass is 10.2. The topological polar surface area (TPSA) is 34.4 Å². The molecule has 0 aromatic carbocycles. The molecule has 0 spiro atoms. The van der Waals surface area contributed by atoms with Gasteiger partial charge in [0.2, 0.25) is 0 Å². The van der Waals surface area contributed by atoms with Crippen LogP contribution in [0.15, 0.2) is 18.5 Å². The van der Waals surface area contributed by atoms with Gasteiger partial charge in [-0.05, 0) is 32.4 Å². The average molecular weight is 197 g/mol. The Labute approximate surface area is 85.3 Å². The van der Waals surface area contributed by atoms with E-state index in [1.165, 1.54) is 0 Å². The van der Waals surface area contributed by atoms with Gasteiger partial charge in [-0.25, -0.2) is 0 Å². The van der Waals surface area contributed by atoms with E-state index in [0.717, 1.165) is 12.1 Å². The predicted octanol–water partition coefficient (Wildman–Crippen LogP) is 1.80. The van der Waals surface area contributed by atoms with Crippen LogP contribution in [0.5, 0.6) is 0 Å². The van der Waals surface area contributed by atoms with Gasteiger partial charge in [0.15, 0.2) is 0 Å². The van der Waals surface area contributed by atoms with E-state index in [-0.39, 0.29) is 12.2 Å². The van der Waals surface area contributed by atoms with E-state index < -0.39 is 0 Å². The van der Waals surface area contributed by atoms with Gasteiger partial charge in [0.25, 0.3) is 0 Å². The predicted molar refractivity (Wildman–Crippen MR) is 56.1 cm³/mol. The van der Waals surface area contributed by atoms with Crippen molar-refractivity contribution in [1.29, 1.82) is 0 Å². The lowest BCUT2D eigenvalue weighted by Gasteiger charge is -2.19. The molecule has 0 fully saturated rings. The summed E-state index contributed by atoms with van der Waals surface area (Å²) >= 11 is 0. The van der Waals surface area contributed by atoms with Gasteiger partial charge < -0.3 is 14.4 Å². The van der Waals surface area contributed by atoms with Crippen LogP contribution in [-0.2, 0) is 17.9 Å². The molecule has 1 N–H and O–H groups in total. The third-order valence-electron chi connectivity index (χ3n) is 1.88. The molecule has 0 aliphatic heterocycles. The zero-order valence-corrected chi connectivity index (χ0v) is 9.16. The summed E-state index contributed by atoms with van der Waals surface area (Å²) in [6.45, 7) is 7.76. The van der Waals surface area contributed by atoms with Crippen LogP contribution in [0.2, 0.25) is 0 Å². The van der Waals surface area contributed by atoms with Crippen molar-refractivity contribution in [1.82, 2.24) is 4.57 Å². The quantitative estimate of drug-likeness (QED) is 0.798. The van der Waals surface area contributed by atoms with E-state index in [2.05, 4.69) is 0 Å². The molecule has 0 unspecified atom stereocenters. The van der Waals surface area contributed by atoms with Gasteiger partial charge in [-0.3, -0.25) is 0 Å². The first-order valence-corrected chi connectivity index (χ1v) is 4.91. The second-order valence-electron chi connectivity index (χ2n) is 4.38. The van der Waals surface area contributed by atoms with Gasteiger partial charge >= 0.3 is 0 Å². The molecule has 80 valence electrons. The summed E-state index contributed by atoms with van der Waals surface area (Å²) in [6, 6.07) is 1.91. The highest BCUT2D eigenvalue weighted by atomic mass is 16.5. The number of hydrogen-bond donors (Lipinski definition) is 1. The molecule has 1 aromatic heterocycles. The SMILES string of the molecule is CC(C)(C)OCCn1ccc(CO)c1. The summed E-state index contributed by atoms with van der Waals surface area (Å²) in [4.78, 5) is 0. The molecule has 0 bridgehead atoms. The van der Waals surface area contributed by atoms with Crippen LogP contribution < -0.4 is 0 Å². The summed E-state index contributed by atoms with van der Waals surface area (Å²) in [5.74, 6) is 0. The molecule has 0 aliphatic carbocycles. The molecule has 1 rings (SSSR count). The Bertz CT molecular complexity index is 273. The van der Waals surface area contributed by atoms with E-state index in [9.17, 15) is 0 Å². The molecule has 0 radical (unpaired) electrons. The Morgan fingerprint density at radius 1 is 1.43 bits per heavy atom. The Morgan fingerprint density at radius 2 is 2.14 bits per heavy atom. The maximum absolute atomic E-state index is 8.86. The second-order valence-corrected chi connectivity index (χ2v) is 4.38. The van der Waals surface area contributed by atoms with Gasteiger partial charge in [-0.2, -0.15) is 0 Å². The number of rotatable bonds is 4. The molecule has 1 aromatic rings. The van der Waals surface area contributed by atoms with Crippen molar-refractivity contribution in [3.63, 3.8) is 0 Å². The van der Waals surface area contributed by atoms with Crippen molar-refractivity contribution in [3.8, 4) is 0 Å². The van der Waals surface area contributed by atoms with Gasteiger partial charge in [0.05, 0.1) is 18.8 Å². The maximum atomic E-state index is 8.86. The molecule has 1 heterocycles. The molecular weight excluding hydrogens is 178 g/mol. The van der Waals surface area contributed by atoms with Gasteiger partial charge in [0, 0.05) is 18.9 Å². The van der Waals surface area contributed by atoms with Crippen molar-refractivity contribution in [2.45, 2.75) is 39.5 Å². The summed E-state index contributed by atoms with van der Waals surface area (Å²) in [5, 5.41) is 8.86. The summed E-state index contributed by atoms with van der Waals surface area (Å²) in [6.07, 6.45) is 3.89. The third kappa shape index (κ3) is 3.94. The monoisotopic (exact) mass is 197 g/mol. The van der Waals surface area contributed by atoms with Gasteiger partial charge in [-0.1, -0.05) is 0 Å². The minimum Gasteiger partial charge on any atom is -0.392 e. The minimum absolute atomic E-state index is 0.0764. The zero-order chi connectivity index (χ0) is 10.6. The van der Waals surface area contributed by atoms with Crippen LogP contribution in [0.4, 0.5) is 0 Å². The Kier molecular flexibility index (Phi) is 3.72. The third-order valence-corrected chi connectivity index (χ3v) is 1.88. The van der Waals surface area contributed by atoms with Crippen LogP contribution in [0.3, 0.4) is 0 Å². The van der Waals surface area contributed by atoms with E-state index >= 15 is 0 Å². The van der Waals surface area contributed by atoms with Crippen molar-refractivity contribution in [2.24, 2.45) is 0 Å². The van der Waals surface area contributed by atoms with E-state index in [1.807, 2.05) is 43.8 Å². The number of hydrogen-bond acceptors (Lipinski definition) is 2. The van der Waals surface area contributed by atoms with E-state index in [0.29, 0.717) is 6.61 Å². The first kappa shape index (κ1) is 11.3. The van der Waals surface area contributed by atoms with E-state index in [1.54, 1.807) is 0 Å². The average Bonchev–Trinajstić information content (AvgIpc) is 2.50. The molecule has 0 amide bonds. The van der Waals surface area contributed by atoms with Crippen LogP contribution in [-0.4, -0.2) is 21.9 Å². The molecule has 14 heavy (non-hydrogen) atoms. The summed E-state index contributed by atoms with van der Waals surface area (Å²) in [7, 11) is 0. The normalized spacial score (nSPS) is 12.0. The highest BCUT2D eigenvalue weighted by Crippen LogP contribution is 2.07. The van der Waals surface area contributed by atoms with Crippen molar-refractivity contribution in [3.05, 3.63) is 24.0 Å². The molecule has 0 saturated carbocycles. The van der Waals surface area contributed by atoms with Gasteiger partial charge in [-0.15, -0.1) is 0 Å².